The van der Waals surface area contributed by atoms with Gasteiger partial charge in [0.2, 0.25) is 11.5 Å². The molecule has 0 aromatic rings. The molecule has 0 fully saturated rings. The third-order valence-electron chi connectivity index (χ3n) is 1.67. The van der Waals surface area contributed by atoms with Crippen molar-refractivity contribution in [3.8, 4) is 0 Å². The van der Waals surface area contributed by atoms with E-state index in [0.717, 1.165) is 0 Å². The summed E-state index contributed by atoms with van der Waals surface area (Å²) in [7, 11) is 0. The summed E-state index contributed by atoms with van der Waals surface area (Å²) < 4.78 is 0. The standard InChI is InChI=1S/C6H8O6/c7-1-2(8)4(10)6(12)5(11)3(1)9/h1-3,7-10,12H/t1?,2-,3-/m0/s1. The second kappa shape index (κ2) is 2.74. The number of hydrogen-bond donors (Lipinski definition) is 5. The highest BCUT2D eigenvalue weighted by atomic mass is 16.4. The van der Waals surface area contributed by atoms with Crippen molar-refractivity contribution in [3.05, 3.63) is 11.5 Å². The fourth-order valence-corrected chi connectivity index (χ4v) is 0.896. The minimum absolute atomic E-state index is 1.02. The van der Waals surface area contributed by atoms with Gasteiger partial charge in [0, 0.05) is 0 Å². The molecule has 12 heavy (non-hydrogen) atoms. The molecule has 5 N–H and O–H groups in total. The third kappa shape index (κ3) is 1.06. The molecular formula is C6H8O6. The Kier molecular flexibility index (Phi) is 2.05. The van der Waals surface area contributed by atoms with Gasteiger partial charge in [-0.15, -0.1) is 0 Å². The second-order valence-electron chi connectivity index (χ2n) is 2.48. The van der Waals surface area contributed by atoms with E-state index >= 15 is 0 Å². The number of hydrogen-bond acceptors (Lipinski definition) is 6. The summed E-state index contributed by atoms with van der Waals surface area (Å²) in [5.74, 6) is -3.33. The van der Waals surface area contributed by atoms with Crippen LogP contribution in [0.4, 0.5) is 0 Å². The molecule has 0 aromatic carbocycles. The predicted molar refractivity (Wildman–Crippen MR) is 35.3 cm³/mol. The lowest BCUT2D eigenvalue weighted by molar-refractivity contribution is -0.141. The van der Waals surface area contributed by atoms with Crippen molar-refractivity contribution in [2.75, 3.05) is 0 Å². The van der Waals surface area contributed by atoms with Crippen LogP contribution in [0.15, 0.2) is 11.5 Å². The summed E-state index contributed by atoms with van der Waals surface area (Å²) in [6.07, 6.45) is -5.51. The van der Waals surface area contributed by atoms with Gasteiger partial charge in [-0.1, -0.05) is 0 Å². The molecule has 0 aliphatic heterocycles. The second-order valence-corrected chi connectivity index (χ2v) is 2.48. The van der Waals surface area contributed by atoms with Crippen LogP contribution in [0.1, 0.15) is 0 Å². The molecule has 0 aromatic heterocycles. The number of carbonyl (C=O) groups excluding carboxylic acids is 1. The van der Waals surface area contributed by atoms with Gasteiger partial charge in [0.25, 0.3) is 0 Å². The summed E-state index contributed by atoms with van der Waals surface area (Å²) in [4.78, 5) is 10.7. The van der Waals surface area contributed by atoms with E-state index in [9.17, 15) is 4.79 Å². The SMILES string of the molecule is O=C1C(O)=C(O)[C@@H](O)C(O)[C@@H]1O. The highest BCUT2D eigenvalue weighted by Crippen LogP contribution is 2.19. The molecule has 3 atom stereocenters. The smallest absolute Gasteiger partial charge is 0.231 e. The van der Waals surface area contributed by atoms with Crippen LogP contribution in [0, 0.1) is 0 Å². The largest absolute Gasteiger partial charge is 0.506 e. The number of aliphatic hydroxyl groups excluding tert-OH is 5. The fraction of sp³-hybridized carbons (Fsp3) is 0.500. The Balaban J connectivity index is 3.08. The number of aliphatic hydroxyl groups is 5. The van der Waals surface area contributed by atoms with E-state index in [4.69, 9.17) is 25.5 Å². The highest BCUT2D eigenvalue weighted by Gasteiger charge is 2.41. The van der Waals surface area contributed by atoms with E-state index in [-0.39, 0.29) is 0 Å². The third-order valence-corrected chi connectivity index (χ3v) is 1.67. The first-order valence-corrected chi connectivity index (χ1v) is 3.17. The monoisotopic (exact) mass is 176 g/mol. The van der Waals surface area contributed by atoms with Crippen molar-refractivity contribution < 1.29 is 30.3 Å². The van der Waals surface area contributed by atoms with Gasteiger partial charge >= 0.3 is 0 Å². The normalized spacial score (nSPS) is 37.2. The molecule has 0 saturated heterocycles. The van der Waals surface area contributed by atoms with Crippen LogP contribution in [-0.2, 0) is 4.79 Å². The lowest BCUT2D eigenvalue weighted by Gasteiger charge is -2.26. The number of rotatable bonds is 0. The summed E-state index contributed by atoms with van der Waals surface area (Å²) >= 11 is 0. The maximum absolute atomic E-state index is 10.7. The zero-order valence-corrected chi connectivity index (χ0v) is 5.88. The van der Waals surface area contributed by atoms with Crippen molar-refractivity contribution in [1.82, 2.24) is 0 Å². The molecule has 6 nitrogen and oxygen atoms in total. The molecule has 1 rings (SSSR count). The summed E-state index contributed by atoms with van der Waals surface area (Å²) in [5, 5.41) is 44.1. The Labute approximate surface area is 67.0 Å². The van der Waals surface area contributed by atoms with E-state index < -0.39 is 35.6 Å². The molecule has 0 radical (unpaired) electrons. The molecule has 6 heteroatoms. The van der Waals surface area contributed by atoms with E-state index in [0.29, 0.717) is 0 Å². The Morgan fingerprint density at radius 2 is 1.50 bits per heavy atom. The number of carbonyl (C=O) groups is 1. The van der Waals surface area contributed by atoms with Crippen LogP contribution in [0.5, 0.6) is 0 Å². The molecule has 1 unspecified atom stereocenters. The molecule has 0 spiro atoms. The number of Topliss-reactive ketones (excluding diaryl/α,β-unsaturated/α-hetero) is 1. The van der Waals surface area contributed by atoms with Crippen molar-refractivity contribution in [1.29, 1.82) is 0 Å². The molecule has 0 bridgehead atoms. The van der Waals surface area contributed by atoms with E-state index in [1.807, 2.05) is 0 Å². The lowest BCUT2D eigenvalue weighted by atomic mass is 9.94. The predicted octanol–water partition coefficient (Wildman–Crippen LogP) is -2.02. The van der Waals surface area contributed by atoms with Gasteiger partial charge in [-0.25, -0.2) is 0 Å². The summed E-state index contributed by atoms with van der Waals surface area (Å²) in [6, 6.07) is 0. The first-order chi connectivity index (χ1) is 5.46. The van der Waals surface area contributed by atoms with Crippen LogP contribution >= 0.6 is 0 Å². The minimum atomic E-state index is -1.89. The molecule has 0 heterocycles. The molecular weight excluding hydrogens is 168 g/mol. The molecule has 1 aliphatic carbocycles. The van der Waals surface area contributed by atoms with Crippen molar-refractivity contribution in [2.45, 2.75) is 18.3 Å². The van der Waals surface area contributed by atoms with Gasteiger partial charge in [-0.2, -0.15) is 0 Å². The van der Waals surface area contributed by atoms with Gasteiger partial charge in [0.05, 0.1) is 0 Å². The first-order valence-electron chi connectivity index (χ1n) is 3.17. The van der Waals surface area contributed by atoms with E-state index in [1.54, 1.807) is 0 Å². The Morgan fingerprint density at radius 1 is 1.00 bits per heavy atom. The van der Waals surface area contributed by atoms with Crippen LogP contribution < -0.4 is 0 Å². The topological polar surface area (TPSA) is 118 Å². The zero-order valence-electron chi connectivity index (χ0n) is 5.88. The maximum atomic E-state index is 10.7. The Bertz CT molecular complexity index is 244. The van der Waals surface area contributed by atoms with Crippen LogP contribution in [0.2, 0.25) is 0 Å². The Morgan fingerprint density at radius 3 is 2.00 bits per heavy atom. The van der Waals surface area contributed by atoms with Crippen molar-refractivity contribution in [3.63, 3.8) is 0 Å². The van der Waals surface area contributed by atoms with Crippen LogP contribution in [-0.4, -0.2) is 49.6 Å². The highest BCUT2D eigenvalue weighted by molar-refractivity contribution is 5.98. The molecule has 0 saturated carbocycles. The molecule has 0 amide bonds. The fourth-order valence-electron chi connectivity index (χ4n) is 0.896. The van der Waals surface area contributed by atoms with Crippen LogP contribution in [0.25, 0.3) is 0 Å². The zero-order chi connectivity index (χ0) is 9.46. The van der Waals surface area contributed by atoms with E-state index in [1.165, 1.54) is 0 Å². The average Bonchev–Trinajstić information content (AvgIpc) is 2.08. The van der Waals surface area contributed by atoms with Crippen molar-refractivity contribution in [2.24, 2.45) is 0 Å². The Hall–Kier alpha value is -1.11. The quantitative estimate of drug-likeness (QED) is 0.291. The molecule has 1 aliphatic rings. The van der Waals surface area contributed by atoms with Crippen LogP contribution in [0.3, 0.4) is 0 Å². The first kappa shape index (κ1) is 8.98. The summed E-state index contributed by atoms with van der Waals surface area (Å²) in [6.45, 7) is 0. The van der Waals surface area contributed by atoms with Gasteiger partial charge in [0.15, 0.2) is 5.76 Å². The number of ketones is 1. The maximum Gasteiger partial charge on any atom is 0.231 e. The molecule has 68 valence electrons. The van der Waals surface area contributed by atoms with Gasteiger partial charge in [-0.05, 0) is 0 Å². The summed E-state index contributed by atoms with van der Waals surface area (Å²) in [5.41, 5.74) is 0. The van der Waals surface area contributed by atoms with Gasteiger partial charge < -0.3 is 25.5 Å². The van der Waals surface area contributed by atoms with E-state index in [2.05, 4.69) is 0 Å². The lowest BCUT2D eigenvalue weighted by Crippen LogP contribution is -2.48. The van der Waals surface area contributed by atoms with Gasteiger partial charge in [0.1, 0.15) is 18.3 Å². The minimum Gasteiger partial charge on any atom is -0.506 e. The average molecular weight is 176 g/mol. The van der Waals surface area contributed by atoms with Crippen molar-refractivity contribution >= 4 is 5.78 Å². The van der Waals surface area contributed by atoms with Gasteiger partial charge in [-0.3, -0.25) is 4.79 Å².